The minimum absolute atomic E-state index is 0.208. The molecule has 0 atom stereocenters. The van der Waals surface area contributed by atoms with Gasteiger partial charge in [0.2, 0.25) is 5.28 Å². The summed E-state index contributed by atoms with van der Waals surface area (Å²) in [5.41, 5.74) is 0.853. The maximum absolute atomic E-state index is 12.3. The predicted octanol–water partition coefficient (Wildman–Crippen LogP) is 3.06. The summed E-state index contributed by atoms with van der Waals surface area (Å²) >= 11 is 7.37. The lowest BCUT2D eigenvalue weighted by Crippen LogP contribution is -2.19. The van der Waals surface area contributed by atoms with E-state index in [9.17, 15) is 4.79 Å². The molecule has 3 rings (SSSR count). The fraction of sp³-hybridized carbons (Fsp3) is 0.533. The van der Waals surface area contributed by atoms with E-state index in [0.29, 0.717) is 11.5 Å². The molecule has 124 valence electrons. The van der Waals surface area contributed by atoms with E-state index < -0.39 is 0 Å². The Morgan fingerprint density at radius 3 is 2.74 bits per heavy atom. The van der Waals surface area contributed by atoms with Gasteiger partial charge in [-0.15, -0.1) is 11.3 Å². The van der Waals surface area contributed by atoms with Crippen LogP contribution < -0.4 is 4.90 Å². The third kappa shape index (κ3) is 3.27. The Balaban J connectivity index is 2.00. The van der Waals surface area contributed by atoms with Crippen LogP contribution in [-0.4, -0.2) is 49.4 Å². The van der Waals surface area contributed by atoms with E-state index in [1.807, 2.05) is 6.92 Å². The van der Waals surface area contributed by atoms with Crippen molar-refractivity contribution in [1.29, 1.82) is 0 Å². The van der Waals surface area contributed by atoms with Crippen LogP contribution in [-0.2, 0) is 9.47 Å². The molecule has 0 aromatic carbocycles. The number of anilines is 1. The highest BCUT2D eigenvalue weighted by molar-refractivity contribution is 7.20. The molecule has 1 fully saturated rings. The number of thiophene rings is 1. The van der Waals surface area contributed by atoms with E-state index in [4.69, 9.17) is 21.1 Å². The van der Waals surface area contributed by atoms with Crippen LogP contribution >= 0.6 is 22.9 Å². The Kier molecular flexibility index (Phi) is 4.99. The van der Waals surface area contributed by atoms with Crippen LogP contribution in [0.5, 0.6) is 0 Å². The molecule has 0 spiro atoms. The maximum atomic E-state index is 12.3. The predicted molar refractivity (Wildman–Crippen MR) is 90.8 cm³/mol. The number of aryl methyl sites for hydroxylation is 1. The minimum Gasteiger partial charge on any atom is -0.459 e. The van der Waals surface area contributed by atoms with Crippen molar-refractivity contribution < 1.29 is 14.3 Å². The minimum atomic E-state index is -0.356. The van der Waals surface area contributed by atoms with Crippen LogP contribution in [0.3, 0.4) is 0 Å². The SMILES string of the molecule is COCCOC(=O)c1sc2nc(Cl)nc(N3CCCC3)c2c1C. The van der Waals surface area contributed by atoms with E-state index in [-0.39, 0.29) is 17.9 Å². The number of carbonyl (C=O) groups excluding carboxylic acids is 1. The van der Waals surface area contributed by atoms with Gasteiger partial charge in [-0.2, -0.15) is 4.98 Å². The maximum Gasteiger partial charge on any atom is 0.348 e. The van der Waals surface area contributed by atoms with Crippen molar-refractivity contribution in [1.82, 2.24) is 9.97 Å². The summed E-state index contributed by atoms with van der Waals surface area (Å²) in [7, 11) is 1.57. The van der Waals surface area contributed by atoms with Gasteiger partial charge in [0.15, 0.2) is 0 Å². The second kappa shape index (κ2) is 6.98. The highest BCUT2D eigenvalue weighted by Crippen LogP contribution is 2.37. The second-order valence-corrected chi connectivity index (χ2v) is 6.71. The molecule has 1 saturated heterocycles. The molecule has 8 heteroatoms. The van der Waals surface area contributed by atoms with Crippen LogP contribution in [0.4, 0.5) is 5.82 Å². The fourth-order valence-corrected chi connectivity index (χ4v) is 4.01. The second-order valence-electron chi connectivity index (χ2n) is 5.38. The van der Waals surface area contributed by atoms with Crippen molar-refractivity contribution in [2.24, 2.45) is 0 Å². The first-order valence-corrected chi connectivity index (χ1v) is 8.69. The number of aromatic nitrogens is 2. The lowest BCUT2D eigenvalue weighted by Gasteiger charge is -2.17. The quantitative estimate of drug-likeness (QED) is 0.466. The van der Waals surface area contributed by atoms with Gasteiger partial charge in [-0.1, -0.05) is 0 Å². The molecular formula is C15H18ClN3O3S. The Morgan fingerprint density at radius 2 is 2.04 bits per heavy atom. The monoisotopic (exact) mass is 355 g/mol. The Hall–Kier alpha value is -1.44. The van der Waals surface area contributed by atoms with Crippen LogP contribution in [0, 0.1) is 6.92 Å². The molecule has 0 saturated carbocycles. The first-order valence-electron chi connectivity index (χ1n) is 7.49. The molecule has 2 aromatic heterocycles. The summed E-state index contributed by atoms with van der Waals surface area (Å²) in [4.78, 5) is 24.4. The van der Waals surface area contributed by atoms with Crippen molar-refractivity contribution in [3.05, 3.63) is 15.7 Å². The van der Waals surface area contributed by atoms with E-state index in [1.54, 1.807) is 7.11 Å². The van der Waals surface area contributed by atoms with Gasteiger partial charge in [0.05, 0.1) is 12.0 Å². The molecule has 0 amide bonds. The molecule has 0 radical (unpaired) electrons. The van der Waals surface area contributed by atoms with E-state index >= 15 is 0 Å². The van der Waals surface area contributed by atoms with Crippen molar-refractivity contribution >= 4 is 44.9 Å². The smallest absolute Gasteiger partial charge is 0.348 e. The van der Waals surface area contributed by atoms with Gasteiger partial charge in [-0.25, -0.2) is 9.78 Å². The lowest BCUT2D eigenvalue weighted by molar-refractivity contribution is 0.0393. The third-order valence-electron chi connectivity index (χ3n) is 3.86. The molecule has 0 unspecified atom stereocenters. The summed E-state index contributed by atoms with van der Waals surface area (Å²) < 4.78 is 10.1. The highest BCUT2D eigenvalue weighted by Gasteiger charge is 2.25. The number of halogens is 1. The number of nitrogens with zero attached hydrogens (tertiary/aromatic N) is 3. The summed E-state index contributed by atoms with van der Waals surface area (Å²) in [6, 6.07) is 0. The highest BCUT2D eigenvalue weighted by atomic mass is 35.5. The molecular weight excluding hydrogens is 338 g/mol. The van der Waals surface area contributed by atoms with Crippen LogP contribution in [0.2, 0.25) is 5.28 Å². The van der Waals surface area contributed by atoms with Gasteiger partial charge in [-0.3, -0.25) is 0 Å². The molecule has 1 aliphatic rings. The molecule has 23 heavy (non-hydrogen) atoms. The summed E-state index contributed by atoms with van der Waals surface area (Å²) in [6.07, 6.45) is 2.27. The number of esters is 1. The zero-order chi connectivity index (χ0) is 16.4. The zero-order valence-electron chi connectivity index (χ0n) is 13.1. The van der Waals surface area contributed by atoms with Crippen molar-refractivity contribution in [3.8, 4) is 0 Å². The Bertz CT molecular complexity index is 728. The standard InChI is InChI=1S/C15H18ClN3O3S/c1-9-10-12(19-5-3-4-6-19)17-15(16)18-13(10)23-11(9)14(20)22-8-7-21-2/h3-8H2,1-2H3. The Labute approximate surface area is 143 Å². The number of hydrogen-bond donors (Lipinski definition) is 0. The van der Waals surface area contributed by atoms with Crippen molar-refractivity contribution in [2.75, 3.05) is 38.3 Å². The zero-order valence-corrected chi connectivity index (χ0v) is 14.7. The van der Waals surface area contributed by atoms with E-state index in [2.05, 4.69) is 14.9 Å². The molecule has 0 N–H and O–H groups in total. The number of fused-ring (bicyclic) bond motifs is 1. The summed E-state index contributed by atoms with van der Waals surface area (Å²) in [6.45, 7) is 4.41. The number of hydrogen-bond acceptors (Lipinski definition) is 7. The van der Waals surface area contributed by atoms with Crippen LogP contribution in [0.15, 0.2) is 0 Å². The van der Waals surface area contributed by atoms with Gasteiger partial charge < -0.3 is 14.4 Å². The molecule has 1 aliphatic heterocycles. The summed E-state index contributed by atoms with van der Waals surface area (Å²) in [5, 5.41) is 1.11. The van der Waals surface area contributed by atoms with E-state index in [0.717, 1.165) is 47.5 Å². The van der Waals surface area contributed by atoms with Gasteiger partial charge in [0, 0.05) is 20.2 Å². The largest absolute Gasteiger partial charge is 0.459 e. The van der Waals surface area contributed by atoms with Crippen LogP contribution in [0.1, 0.15) is 28.1 Å². The van der Waals surface area contributed by atoms with Gasteiger partial charge >= 0.3 is 5.97 Å². The number of rotatable bonds is 5. The molecule has 3 heterocycles. The molecule has 6 nitrogen and oxygen atoms in total. The lowest BCUT2D eigenvalue weighted by atomic mass is 10.2. The van der Waals surface area contributed by atoms with Gasteiger partial charge in [-0.05, 0) is 36.9 Å². The van der Waals surface area contributed by atoms with E-state index in [1.165, 1.54) is 11.3 Å². The molecule has 2 aromatic rings. The number of methoxy groups -OCH3 is 1. The summed E-state index contributed by atoms with van der Waals surface area (Å²) in [5.74, 6) is 0.466. The van der Waals surface area contributed by atoms with Crippen molar-refractivity contribution in [3.63, 3.8) is 0 Å². The molecule has 0 bridgehead atoms. The number of ether oxygens (including phenoxy) is 2. The first kappa shape index (κ1) is 16.4. The topological polar surface area (TPSA) is 64.5 Å². The average molecular weight is 356 g/mol. The fourth-order valence-electron chi connectivity index (χ4n) is 2.73. The van der Waals surface area contributed by atoms with Gasteiger partial charge in [0.1, 0.15) is 22.1 Å². The first-order chi connectivity index (χ1) is 11.1. The van der Waals surface area contributed by atoms with Crippen molar-refractivity contribution in [2.45, 2.75) is 19.8 Å². The van der Waals surface area contributed by atoms with Gasteiger partial charge in [0.25, 0.3) is 0 Å². The Morgan fingerprint density at radius 1 is 1.30 bits per heavy atom. The average Bonchev–Trinajstić information content (AvgIpc) is 3.15. The number of carbonyl (C=O) groups is 1. The van der Waals surface area contributed by atoms with Crippen LogP contribution in [0.25, 0.3) is 10.2 Å². The molecule has 0 aliphatic carbocycles. The third-order valence-corrected chi connectivity index (χ3v) is 5.19. The normalized spacial score (nSPS) is 14.7.